The number of esters is 1. The summed E-state index contributed by atoms with van der Waals surface area (Å²) in [6.07, 6.45) is 3.94. The molecule has 0 aromatic heterocycles. The molecule has 2 aromatic carbocycles. The summed E-state index contributed by atoms with van der Waals surface area (Å²) in [7, 11) is 1.38. The molecule has 0 spiro atoms. The maximum atomic E-state index is 11.0. The molecule has 0 radical (unpaired) electrons. The summed E-state index contributed by atoms with van der Waals surface area (Å²) in [4.78, 5) is 11.0. The average molecular weight is 261 g/mol. The number of rotatable bonds is 3. The van der Waals surface area contributed by atoms with Gasteiger partial charge in [0, 0.05) is 10.4 Å². The van der Waals surface area contributed by atoms with E-state index < -0.39 is 0 Å². The average Bonchev–Trinajstić information content (AvgIpc) is 2.39. The molecule has 2 nitrogen and oxygen atoms in total. The Kier molecular flexibility index (Phi) is 4.00. The monoisotopic (exact) mass is 260 g/mol. The van der Waals surface area contributed by atoms with Crippen molar-refractivity contribution in [2.75, 3.05) is 7.11 Å². The van der Waals surface area contributed by atoms with E-state index in [2.05, 4.69) is 4.74 Å². The molecule has 0 N–H and O–H groups in total. The van der Waals surface area contributed by atoms with Crippen LogP contribution in [0.5, 0.6) is 0 Å². The third kappa shape index (κ3) is 2.71. The van der Waals surface area contributed by atoms with E-state index in [1.54, 1.807) is 6.08 Å². The molecule has 3 heteroatoms. The molecule has 0 atom stereocenters. The van der Waals surface area contributed by atoms with Crippen molar-refractivity contribution in [1.82, 2.24) is 0 Å². The van der Waals surface area contributed by atoms with Gasteiger partial charge in [-0.1, -0.05) is 54.1 Å². The molecule has 2 aromatic rings. The van der Waals surface area contributed by atoms with Gasteiger partial charge in [0.1, 0.15) is 0 Å². The van der Waals surface area contributed by atoms with E-state index in [4.69, 9.17) is 11.6 Å². The van der Waals surface area contributed by atoms with Crippen molar-refractivity contribution in [3.05, 3.63) is 53.1 Å². The molecule has 0 saturated carbocycles. The standard InChI is InChI=1S/C15H13ClO2/c1-18-14(17)10-4-8-12-6-2-5-11-7-3-9-13(16)15(11)12/h2-9H,10H2,1H3. The lowest BCUT2D eigenvalue weighted by Gasteiger charge is -2.04. The minimum atomic E-state index is -0.252. The summed E-state index contributed by atoms with van der Waals surface area (Å²) in [5.41, 5.74) is 1.00. The molecule has 0 saturated heterocycles. The summed E-state index contributed by atoms with van der Waals surface area (Å²) < 4.78 is 4.58. The summed E-state index contributed by atoms with van der Waals surface area (Å²) in [6.45, 7) is 0. The summed E-state index contributed by atoms with van der Waals surface area (Å²) in [5.74, 6) is -0.252. The van der Waals surface area contributed by atoms with Gasteiger partial charge < -0.3 is 4.74 Å². The number of hydrogen-bond donors (Lipinski definition) is 0. The molecule has 2 rings (SSSR count). The molecule has 0 fully saturated rings. The Hall–Kier alpha value is -1.80. The number of halogens is 1. The van der Waals surface area contributed by atoms with Crippen molar-refractivity contribution in [3.8, 4) is 0 Å². The van der Waals surface area contributed by atoms with Gasteiger partial charge >= 0.3 is 5.97 Å². The lowest BCUT2D eigenvalue weighted by Crippen LogP contribution is -1.96. The molecular weight excluding hydrogens is 248 g/mol. The molecular formula is C15H13ClO2. The fourth-order valence-electron chi connectivity index (χ4n) is 1.83. The maximum absolute atomic E-state index is 11.0. The van der Waals surface area contributed by atoms with E-state index in [-0.39, 0.29) is 12.4 Å². The number of hydrogen-bond acceptors (Lipinski definition) is 2. The zero-order valence-electron chi connectivity index (χ0n) is 10.0. The Bertz CT molecular complexity index is 597. The fraction of sp³-hybridized carbons (Fsp3) is 0.133. The van der Waals surface area contributed by atoms with Crippen molar-refractivity contribution in [1.29, 1.82) is 0 Å². The van der Waals surface area contributed by atoms with Crippen LogP contribution in [0.2, 0.25) is 5.02 Å². The van der Waals surface area contributed by atoms with E-state index in [9.17, 15) is 4.79 Å². The van der Waals surface area contributed by atoms with Gasteiger partial charge in [-0.05, 0) is 17.0 Å². The highest BCUT2D eigenvalue weighted by Gasteiger charge is 2.02. The molecule has 0 amide bonds. The van der Waals surface area contributed by atoms with Crippen molar-refractivity contribution in [3.63, 3.8) is 0 Å². The van der Waals surface area contributed by atoms with Gasteiger partial charge in [0.25, 0.3) is 0 Å². The van der Waals surface area contributed by atoms with Gasteiger partial charge in [0.2, 0.25) is 0 Å². The van der Waals surface area contributed by atoms with Crippen LogP contribution in [-0.4, -0.2) is 13.1 Å². The quantitative estimate of drug-likeness (QED) is 0.778. The van der Waals surface area contributed by atoms with Gasteiger partial charge in [-0.2, -0.15) is 0 Å². The molecule has 0 aliphatic carbocycles. The second-order valence-electron chi connectivity index (χ2n) is 3.87. The smallest absolute Gasteiger partial charge is 0.309 e. The van der Waals surface area contributed by atoms with Crippen LogP contribution < -0.4 is 0 Å². The first-order valence-corrected chi connectivity index (χ1v) is 6.01. The normalized spacial score (nSPS) is 11.0. The minimum absolute atomic E-state index is 0.252. The second-order valence-corrected chi connectivity index (χ2v) is 4.28. The second kappa shape index (κ2) is 5.69. The molecule has 0 heterocycles. The first-order valence-electron chi connectivity index (χ1n) is 5.63. The van der Waals surface area contributed by atoms with Gasteiger partial charge in [-0.25, -0.2) is 0 Å². The molecule has 0 aliphatic heterocycles. The van der Waals surface area contributed by atoms with Crippen LogP contribution >= 0.6 is 11.6 Å². The van der Waals surface area contributed by atoms with E-state index in [0.717, 1.165) is 16.3 Å². The van der Waals surface area contributed by atoms with E-state index in [1.807, 2.05) is 42.5 Å². The van der Waals surface area contributed by atoms with Crippen LogP contribution in [-0.2, 0) is 9.53 Å². The van der Waals surface area contributed by atoms with Crippen LogP contribution in [0.25, 0.3) is 16.8 Å². The lowest BCUT2D eigenvalue weighted by molar-refractivity contribution is -0.139. The highest BCUT2D eigenvalue weighted by Crippen LogP contribution is 2.27. The number of ether oxygens (including phenoxy) is 1. The van der Waals surface area contributed by atoms with Crippen LogP contribution in [0.15, 0.2) is 42.5 Å². The van der Waals surface area contributed by atoms with Crippen molar-refractivity contribution < 1.29 is 9.53 Å². The topological polar surface area (TPSA) is 26.3 Å². The van der Waals surface area contributed by atoms with Gasteiger partial charge in [0.15, 0.2) is 0 Å². The number of carbonyl (C=O) groups excluding carboxylic acids is 1. The zero-order valence-corrected chi connectivity index (χ0v) is 10.8. The van der Waals surface area contributed by atoms with E-state index >= 15 is 0 Å². The lowest BCUT2D eigenvalue weighted by atomic mass is 10.0. The summed E-state index contributed by atoms with van der Waals surface area (Å²) >= 11 is 6.21. The van der Waals surface area contributed by atoms with Crippen LogP contribution in [0.1, 0.15) is 12.0 Å². The Balaban J connectivity index is 2.36. The highest BCUT2D eigenvalue weighted by molar-refractivity contribution is 6.36. The van der Waals surface area contributed by atoms with Crippen LogP contribution in [0.3, 0.4) is 0 Å². The highest BCUT2D eigenvalue weighted by atomic mass is 35.5. The van der Waals surface area contributed by atoms with Crippen molar-refractivity contribution >= 4 is 34.4 Å². The van der Waals surface area contributed by atoms with Crippen LogP contribution in [0.4, 0.5) is 0 Å². The van der Waals surface area contributed by atoms with Gasteiger partial charge in [-0.15, -0.1) is 0 Å². The van der Waals surface area contributed by atoms with Crippen molar-refractivity contribution in [2.24, 2.45) is 0 Å². The third-order valence-electron chi connectivity index (χ3n) is 2.70. The third-order valence-corrected chi connectivity index (χ3v) is 3.01. The Morgan fingerprint density at radius 3 is 2.72 bits per heavy atom. The number of methoxy groups -OCH3 is 1. The molecule has 18 heavy (non-hydrogen) atoms. The number of benzene rings is 2. The summed E-state index contributed by atoms with van der Waals surface area (Å²) in [6, 6.07) is 11.8. The summed E-state index contributed by atoms with van der Waals surface area (Å²) in [5, 5.41) is 2.80. The molecule has 0 aliphatic rings. The van der Waals surface area contributed by atoms with Gasteiger partial charge in [-0.3, -0.25) is 4.79 Å². The molecule has 0 unspecified atom stereocenters. The number of fused-ring (bicyclic) bond motifs is 1. The predicted octanol–water partition coefficient (Wildman–Crippen LogP) is 4.07. The van der Waals surface area contributed by atoms with E-state index in [1.165, 1.54) is 7.11 Å². The Morgan fingerprint density at radius 2 is 2.00 bits per heavy atom. The van der Waals surface area contributed by atoms with Crippen LogP contribution in [0, 0.1) is 0 Å². The number of carbonyl (C=O) groups is 1. The maximum Gasteiger partial charge on any atom is 0.309 e. The first kappa shape index (κ1) is 12.7. The SMILES string of the molecule is COC(=O)CC=Cc1cccc2cccc(Cl)c12. The Labute approximate surface area is 111 Å². The zero-order chi connectivity index (χ0) is 13.0. The van der Waals surface area contributed by atoms with E-state index in [0.29, 0.717) is 5.02 Å². The largest absolute Gasteiger partial charge is 0.469 e. The van der Waals surface area contributed by atoms with Gasteiger partial charge in [0.05, 0.1) is 13.5 Å². The minimum Gasteiger partial charge on any atom is -0.469 e. The molecule has 92 valence electrons. The first-order chi connectivity index (χ1) is 8.72. The fourth-order valence-corrected chi connectivity index (χ4v) is 2.12. The Morgan fingerprint density at radius 1 is 1.28 bits per heavy atom. The molecule has 0 bridgehead atoms. The predicted molar refractivity (Wildman–Crippen MR) is 74.6 cm³/mol. The van der Waals surface area contributed by atoms with Crippen molar-refractivity contribution in [2.45, 2.75) is 6.42 Å².